The highest BCUT2D eigenvalue weighted by Gasteiger charge is 2.21. The van der Waals surface area contributed by atoms with Gasteiger partial charge in [-0.3, -0.25) is 4.79 Å². The molecule has 0 aromatic carbocycles. The molecule has 0 aliphatic carbocycles. The molecular weight excluding hydrogens is 234 g/mol. The Bertz CT molecular complexity index is 548. The average Bonchev–Trinajstić information content (AvgIpc) is 2.77. The summed E-state index contributed by atoms with van der Waals surface area (Å²) in [5, 5.41) is 20.9. The van der Waals surface area contributed by atoms with Crippen LogP contribution in [0.4, 0.5) is 5.82 Å². The largest absolute Gasteiger partial charge is 0.312 e. The summed E-state index contributed by atoms with van der Waals surface area (Å²) >= 11 is 0. The maximum atomic E-state index is 11.8. The second kappa shape index (κ2) is 4.49. The van der Waals surface area contributed by atoms with Crippen LogP contribution in [0.2, 0.25) is 0 Å². The minimum atomic E-state index is -0.339. The lowest BCUT2D eigenvalue weighted by molar-refractivity contribution is 0.102. The molecule has 2 N–H and O–H groups in total. The normalized spacial score (nSPS) is 15.1. The van der Waals surface area contributed by atoms with Crippen LogP contribution < -0.4 is 10.6 Å². The van der Waals surface area contributed by atoms with Crippen LogP contribution in [-0.2, 0) is 0 Å². The monoisotopic (exact) mass is 245 g/mol. The molecule has 1 saturated heterocycles. The Labute approximate surface area is 102 Å². The molecule has 3 heterocycles. The van der Waals surface area contributed by atoms with Gasteiger partial charge >= 0.3 is 0 Å². The first-order valence-electron chi connectivity index (χ1n) is 5.54. The van der Waals surface area contributed by atoms with E-state index in [0.717, 1.165) is 13.1 Å². The summed E-state index contributed by atoms with van der Waals surface area (Å²) < 4.78 is 1.70. The molecule has 1 fully saturated rings. The van der Waals surface area contributed by atoms with Gasteiger partial charge in [0.2, 0.25) is 0 Å². The summed E-state index contributed by atoms with van der Waals surface area (Å²) in [6.45, 7) is 1.71. The summed E-state index contributed by atoms with van der Waals surface area (Å²) in [4.78, 5) is 11.8. The summed E-state index contributed by atoms with van der Waals surface area (Å²) in [6, 6.07) is 3.64. The zero-order valence-corrected chi connectivity index (χ0v) is 9.45. The van der Waals surface area contributed by atoms with Crippen molar-refractivity contribution in [3.63, 3.8) is 0 Å². The van der Waals surface area contributed by atoms with E-state index >= 15 is 0 Å². The van der Waals surface area contributed by atoms with Gasteiger partial charge in [-0.1, -0.05) is 5.21 Å². The highest BCUT2D eigenvalue weighted by Crippen LogP contribution is 2.10. The fraction of sp³-hybridized carbons (Fsp3) is 0.300. The van der Waals surface area contributed by atoms with Crippen LogP contribution in [0.3, 0.4) is 0 Å². The van der Waals surface area contributed by atoms with Gasteiger partial charge in [0.15, 0.2) is 11.5 Å². The van der Waals surface area contributed by atoms with Crippen molar-refractivity contribution in [3.05, 3.63) is 30.2 Å². The quantitative estimate of drug-likeness (QED) is 0.754. The molecule has 0 atom stereocenters. The molecule has 8 nitrogen and oxygen atoms in total. The summed E-state index contributed by atoms with van der Waals surface area (Å²) in [7, 11) is 0. The molecule has 3 rings (SSSR count). The molecule has 0 spiro atoms. The van der Waals surface area contributed by atoms with Crippen LogP contribution >= 0.6 is 0 Å². The van der Waals surface area contributed by atoms with Crippen LogP contribution in [0.25, 0.3) is 0 Å². The molecule has 0 saturated carbocycles. The Hall–Kier alpha value is -2.35. The number of rotatable bonds is 3. The number of hydrogen-bond donors (Lipinski definition) is 2. The van der Waals surface area contributed by atoms with Crippen molar-refractivity contribution in [1.82, 2.24) is 30.5 Å². The molecule has 0 radical (unpaired) electrons. The number of amides is 1. The zero-order valence-electron chi connectivity index (χ0n) is 9.45. The van der Waals surface area contributed by atoms with Gasteiger partial charge in [-0.25, -0.2) is 4.68 Å². The lowest BCUT2D eigenvalue weighted by Gasteiger charge is -2.26. The van der Waals surface area contributed by atoms with Crippen molar-refractivity contribution >= 4 is 11.7 Å². The lowest BCUT2D eigenvalue weighted by Crippen LogP contribution is -2.43. The molecule has 0 unspecified atom stereocenters. The van der Waals surface area contributed by atoms with E-state index < -0.39 is 0 Å². The molecule has 1 amide bonds. The maximum absolute atomic E-state index is 11.8. The van der Waals surface area contributed by atoms with Crippen molar-refractivity contribution in [2.24, 2.45) is 0 Å². The van der Waals surface area contributed by atoms with E-state index in [0.29, 0.717) is 5.82 Å². The van der Waals surface area contributed by atoms with Gasteiger partial charge < -0.3 is 10.6 Å². The Balaban J connectivity index is 1.70. The van der Waals surface area contributed by atoms with E-state index in [-0.39, 0.29) is 17.6 Å². The number of carbonyl (C=O) groups is 1. The number of anilines is 1. The topological polar surface area (TPSA) is 97.6 Å². The number of nitrogens with one attached hydrogen (secondary N) is 2. The fourth-order valence-electron chi connectivity index (χ4n) is 1.57. The minimum Gasteiger partial charge on any atom is -0.312 e. The van der Waals surface area contributed by atoms with E-state index in [1.807, 2.05) is 0 Å². The summed E-state index contributed by atoms with van der Waals surface area (Å²) in [6.07, 6.45) is 3.17. The van der Waals surface area contributed by atoms with Crippen molar-refractivity contribution in [1.29, 1.82) is 0 Å². The summed E-state index contributed by atoms with van der Waals surface area (Å²) in [5.41, 5.74) is 0.271. The third-order valence-corrected chi connectivity index (χ3v) is 2.69. The minimum absolute atomic E-state index is 0.271. The first kappa shape index (κ1) is 10.8. The number of aromatic nitrogens is 5. The molecular formula is C10H11N7O. The second-order valence-electron chi connectivity index (χ2n) is 3.96. The van der Waals surface area contributed by atoms with Crippen LogP contribution in [0.15, 0.2) is 24.5 Å². The van der Waals surface area contributed by atoms with Gasteiger partial charge in [0.25, 0.3) is 5.91 Å². The highest BCUT2D eigenvalue weighted by atomic mass is 16.2. The van der Waals surface area contributed by atoms with Crippen molar-refractivity contribution in [2.45, 2.75) is 6.04 Å². The van der Waals surface area contributed by atoms with E-state index in [1.165, 1.54) is 6.20 Å². The lowest BCUT2D eigenvalue weighted by atomic mass is 10.2. The van der Waals surface area contributed by atoms with E-state index in [4.69, 9.17) is 0 Å². The Morgan fingerprint density at radius 2 is 2.33 bits per heavy atom. The average molecular weight is 245 g/mol. The first-order chi connectivity index (χ1) is 8.83. The molecule has 2 aromatic heterocycles. The van der Waals surface area contributed by atoms with Crippen LogP contribution in [0.1, 0.15) is 16.5 Å². The van der Waals surface area contributed by atoms with E-state index in [1.54, 1.807) is 23.0 Å². The van der Waals surface area contributed by atoms with Crippen LogP contribution in [0, 0.1) is 0 Å². The molecule has 92 valence electrons. The SMILES string of the molecule is O=C(Nc1cccnn1)c1cn(C2CNC2)nn1. The van der Waals surface area contributed by atoms with Gasteiger partial charge in [0.1, 0.15) is 0 Å². The number of carbonyl (C=O) groups excluding carboxylic acids is 1. The highest BCUT2D eigenvalue weighted by molar-refractivity contribution is 6.01. The van der Waals surface area contributed by atoms with Gasteiger partial charge in [-0.15, -0.1) is 10.2 Å². The maximum Gasteiger partial charge on any atom is 0.279 e. The summed E-state index contributed by atoms with van der Waals surface area (Å²) in [5.74, 6) is 0.0522. The van der Waals surface area contributed by atoms with Gasteiger partial charge in [-0.05, 0) is 12.1 Å². The molecule has 1 aliphatic heterocycles. The number of hydrogen-bond acceptors (Lipinski definition) is 6. The van der Waals surface area contributed by atoms with Gasteiger partial charge in [-0.2, -0.15) is 5.10 Å². The van der Waals surface area contributed by atoms with Gasteiger partial charge in [0.05, 0.1) is 12.2 Å². The number of nitrogens with zero attached hydrogens (tertiary/aromatic N) is 5. The smallest absolute Gasteiger partial charge is 0.279 e. The van der Waals surface area contributed by atoms with E-state index in [9.17, 15) is 4.79 Å². The van der Waals surface area contributed by atoms with Crippen molar-refractivity contribution in [3.8, 4) is 0 Å². The van der Waals surface area contributed by atoms with E-state index in [2.05, 4.69) is 31.1 Å². The Morgan fingerprint density at radius 3 is 3.00 bits per heavy atom. The standard InChI is InChI=1S/C10H11N7O/c18-10(13-9-2-1-3-12-15-9)8-6-17(16-14-8)7-4-11-5-7/h1-3,6-7,11H,4-5H2,(H,13,15,18). The first-order valence-corrected chi connectivity index (χ1v) is 5.54. The second-order valence-corrected chi connectivity index (χ2v) is 3.96. The third kappa shape index (κ3) is 2.05. The molecule has 8 heteroatoms. The Morgan fingerprint density at radius 1 is 1.44 bits per heavy atom. The van der Waals surface area contributed by atoms with Gasteiger partial charge in [0, 0.05) is 19.3 Å². The van der Waals surface area contributed by atoms with Crippen LogP contribution in [0.5, 0.6) is 0 Å². The van der Waals surface area contributed by atoms with Crippen molar-refractivity contribution < 1.29 is 4.79 Å². The predicted octanol–water partition coefficient (Wildman–Crippen LogP) is -0.535. The predicted molar refractivity (Wildman–Crippen MR) is 61.9 cm³/mol. The fourth-order valence-corrected chi connectivity index (χ4v) is 1.57. The zero-order chi connectivity index (χ0) is 12.4. The van der Waals surface area contributed by atoms with Crippen molar-refractivity contribution in [2.75, 3.05) is 18.4 Å². The third-order valence-electron chi connectivity index (χ3n) is 2.69. The van der Waals surface area contributed by atoms with Crippen LogP contribution in [-0.4, -0.2) is 44.2 Å². The molecule has 0 bridgehead atoms. The molecule has 1 aliphatic rings. The molecule has 18 heavy (non-hydrogen) atoms. The Kier molecular flexibility index (Phi) is 2.69. The molecule has 2 aromatic rings.